The number of nitrogens with zero attached hydrogens (tertiary/aromatic N) is 2. The molecule has 1 aromatic carbocycles. The van der Waals surface area contributed by atoms with Gasteiger partial charge in [-0.15, -0.1) is 5.10 Å². The number of aliphatic hydroxyl groups is 1. The molecule has 0 aliphatic rings. The van der Waals surface area contributed by atoms with Crippen molar-refractivity contribution in [3.63, 3.8) is 0 Å². The molecule has 1 aromatic heterocycles. The van der Waals surface area contributed by atoms with Gasteiger partial charge in [-0.25, -0.2) is 9.89 Å². The van der Waals surface area contributed by atoms with E-state index in [4.69, 9.17) is 9.47 Å². The van der Waals surface area contributed by atoms with E-state index in [-0.39, 0.29) is 18.2 Å². The molecule has 0 aliphatic carbocycles. The Bertz CT molecular complexity index is 766. The second kappa shape index (κ2) is 7.62. The van der Waals surface area contributed by atoms with Gasteiger partial charge in [-0.1, -0.05) is 23.1 Å². The maximum atomic E-state index is 11.7. The molecule has 2 rings (SSSR count). The monoisotopic (exact) mass is 329 g/mol. The van der Waals surface area contributed by atoms with Crippen LogP contribution in [0.1, 0.15) is 43.2 Å². The first-order chi connectivity index (χ1) is 11.4. The standard InChI is InChI=1S/C17H19N3O4/c1-4-23-16(21)14-15(19-20-18-14)24-13-9-5-7-12(11-13)8-6-10-17(2,3)22/h5,7,9,11,22H,4,10H2,1-3H3,(H,18,19,20). The Balaban J connectivity index is 2.13. The van der Waals surface area contributed by atoms with E-state index in [2.05, 4.69) is 27.3 Å². The molecule has 0 bridgehead atoms. The molecule has 7 nitrogen and oxygen atoms in total. The fraction of sp³-hybridized carbons (Fsp3) is 0.353. The molecule has 7 heteroatoms. The maximum Gasteiger partial charge on any atom is 0.364 e. The third-order valence-electron chi connectivity index (χ3n) is 2.79. The third kappa shape index (κ3) is 5.11. The van der Waals surface area contributed by atoms with E-state index in [1.54, 1.807) is 39.0 Å². The van der Waals surface area contributed by atoms with E-state index < -0.39 is 11.6 Å². The smallest absolute Gasteiger partial charge is 0.364 e. The van der Waals surface area contributed by atoms with Crippen LogP contribution in [0, 0.1) is 11.8 Å². The molecule has 0 saturated carbocycles. The van der Waals surface area contributed by atoms with Crippen molar-refractivity contribution in [2.24, 2.45) is 0 Å². The number of ether oxygens (including phenoxy) is 2. The maximum absolute atomic E-state index is 11.7. The lowest BCUT2D eigenvalue weighted by atomic mass is 10.1. The predicted octanol–water partition coefficient (Wildman–Crippen LogP) is 2.29. The predicted molar refractivity (Wildman–Crippen MR) is 86.6 cm³/mol. The number of hydrogen-bond acceptors (Lipinski definition) is 6. The van der Waals surface area contributed by atoms with Gasteiger partial charge in [0.25, 0.3) is 5.88 Å². The summed E-state index contributed by atoms with van der Waals surface area (Å²) in [7, 11) is 0. The van der Waals surface area contributed by atoms with E-state index >= 15 is 0 Å². The van der Waals surface area contributed by atoms with Crippen molar-refractivity contribution in [3.8, 4) is 23.5 Å². The van der Waals surface area contributed by atoms with E-state index in [1.165, 1.54) is 0 Å². The minimum atomic E-state index is -0.836. The highest BCUT2D eigenvalue weighted by Gasteiger charge is 2.19. The summed E-state index contributed by atoms with van der Waals surface area (Å²) in [6, 6.07) is 7.03. The largest absolute Gasteiger partial charge is 0.461 e. The van der Waals surface area contributed by atoms with Crippen molar-refractivity contribution < 1.29 is 19.4 Å². The van der Waals surface area contributed by atoms with Gasteiger partial charge in [0.2, 0.25) is 5.69 Å². The Kier molecular flexibility index (Phi) is 5.55. The molecule has 2 N–H and O–H groups in total. The van der Waals surface area contributed by atoms with Gasteiger partial charge in [-0.2, -0.15) is 0 Å². The summed E-state index contributed by atoms with van der Waals surface area (Å²) < 4.78 is 10.5. The number of carbonyl (C=O) groups excluding carboxylic acids is 1. The van der Waals surface area contributed by atoms with Gasteiger partial charge in [0.1, 0.15) is 5.75 Å². The normalized spacial score (nSPS) is 10.7. The number of aromatic amines is 1. The van der Waals surface area contributed by atoms with Gasteiger partial charge < -0.3 is 14.6 Å². The van der Waals surface area contributed by atoms with Crippen LogP contribution in [0.5, 0.6) is 11.6 Å². The lowest BCUT2D eigenvalue weighted by molar-refractivity contribution is 0.0516. The topological polar surface area (TPSA) is 97.3 Å². The summed E-state index contributed by atoms with van der Waals surface area (Å²) in [5, 5.41) is 19.4. The fourth-order valence-corrected chi connectivity index (χ4v) is 1.74. The van der Waals surface area contributed by atoms with Crippen molar-refractivity contribution in [2.45, 2.75) is 32.8 Å². The zero-order valence-corrected chi connectivity index (χ0v) is 13.8. The Morgan fingerprint density at radius 2 is 2.21 bits per heavy atom. The van der Waals surface area contributed by atoms with Gasteiger partial charge >= 0.3 is 5.97 Å². The van der Waals surface area contributed by atoms with Crippen molar-refractivity contribution >= 4 is 5.97 Å². The fourth-order valence-electron chi connectivity index (χ4n) is 1.74. The molecule has 0 radical (unpaired) electrons. The highest BCUT2D eigenvalue weighted by molar-refractivity contribution is 5.89. The molecule has 0 fully saturated rings. The Morgan fingerprint density at radius 3 is 2.92 bits per heavy atom. The first-order valence-corrected chi connectivity index (χ1v) is 7.46. The number of esters is 1. The molecule has 1 heterocycles. The number of hydrogen-bond donors (Lipinski definition) is 2. The zero-order valence-electron chi connectivity index (χ0n) is 13.8. The van der Waals surface area contributed by atoms with Crippen LogP contribution in [0.15, 0.2) is 24.3 Å². The van der Waals surface area contributed by atoms with Crippen LogP contribution in [-0.2, 0) is 4.74 Å². The summed E-state index contributed by atoms with van der Waals surface area (Å²) in [5.41, 5.74) is -0.130. The van der Waals surface area contributed by atoms with E-state index in [1.807, 2.05) is 6.07 Å². The third-order valence-corrected chi connectivity index (χ3v) is 2.79. The van der Waals surface area contributed by atoms with E-state index in [0.717, 1.165) is 5.56 Å². The number of carbonyl (C=O) groups is 1. The second-order valence-corrected chi connectivity index (χ2v) is 5.63. The van der Waals surface area contributed by atoms with E-state index in [9.17, 15) is 9.90 Å². The van der Waals surface area contributed by atoms with Gasteiger partial charge in [0.05, 0.1) is 12.2 Å². The van der Waals surface area contributed by atoms with Crippen LogP contribution in [0.3, 0.4) is 0 Å². The Labute approximate surface area is 140 Å². The lowest BCUT2D eigenvalue weighted by Gasteiger charge is -2.11. The molecule has 24 heavy (non-hydrogen) atoms. The number of aromatic nitrogens is 3. The van der Waals surface area contributed by atoms with Gasteiger partial charge in [-0.3, -0.25) is 0 Å². The SMILES string of the molecule is CCOC(=O)c1nn[nH]c1Oc1cccc(C#CCC(C)(C)O)c1. The quantitative estimate of drug-likeness (QED) is 0.645. The Morgan fingerprint density at radius 1 is 1.42 bits per heavy atom. The van der Waals surface area contributed by atoms with Gasteiger partial charge in [0.15, 0.2) is 0 Å². The van der Waals surface area contributed by atoms with Crippen molar-refractivity contribution in [3.05, 3.63) is 35.5 Å². The van der Waals surface area contributed by atoms with Crippen molar-refractivity contribution in [1.82, 2.24) is 15.4 Å². The number of benzene rings is 1. The molecule has 0 amide bonds. The number of nitrogens with one attached hydrogen (secondary N) is 1. The van der Waals surface area contributed by atoms with Crippen molar-refractivity contribution in [1.29, 1.82) is 0 Å². The van der Waals surface area contributed by atoms with Crippen LogP contribution >= 0.6 is 0 Å². The van der Waals surface area contributed by atoms with Gasteiger partial charge in [-0.05, 0) is 39.0 Å². The molecule has 2 aromatic rings. The first-order valence-electron chi connectivity index (χ1n) is 7.46. The molecule has 0 saturated heterocycles. The average Bonchev–Trinajstić information content (AvgIpc) is 2.95. The Hall–Kier alpha value is -2.85. The summed E-state index contributed by atoms with van der Waals surface area (Å²) in [4.78, 5) is 11.7. The van der Waals surface area contributed by atoms with Crippen LogP contribution in [0.4, 0.5) is 0 Å². The summed E-state index contributed by atoms with van der Waals surface area (Å²) >= 11 is 0. The first kappa shape index (κ1) is 17.5. The summed E-state index contributed by atoms with van der Waals surface area (Å²) in [6.45, 7) is 5.33. The summed E-state index contributed by atoms with van der Waals surface area (Å²) in [6.07, 6.45) is 0.357. The molecule has 126 valence electrons. The van der Waals surface area contributed by atoms with Crippen LogP contribution in [0.2, 0.25) is 0 Å². The molecule has 0 unspecified atom stereocenters. The van der Waals surface area contributed by atoms with Crippen molar-refractivity contribution in [2.75, 3.05) is 6.61 Å². The molecule has 0 spiro atoms. The van der Waals surface area contributed by atoms with E-state index in [0.29, 0.717) is 12.2 Å². The highest BCUT2D eigenvalue weighted by Crippen LogP contribution is 2.22. The van der Waals surface area contributed by atoms with Crippen LogP contribution in [-0.4, -0.2) is 38.7 Å². The minimum absolute atomic E-state index is 0.0182. The number of rotatable bonds is 5. The van der Waals surface area contributed by atoms with Crippen LogP contribution in [0.25, 0.3) is 0 Å². The second-order valence-electron chi connectivity index (χ2n) is 5.63. The summed E-state index contributed by atoms with van der Waals surface area (Å²) in [5.74, 6) is 5.84. The lowest BCUT2D eigenvalue weighted by Crippen LogP contribution is -2.16. The highest BCUT2D eigenvalue weighted by atomic mass is 16.5. The molecule has 0 atom stereocenters. The number of H-pyrrole nitrogens is 1. The van der Waals surface area contributed by atoms with Crippen LogP contribution < -0.4 is 4.74 Å². The molecular weight excluding hydrogens is 310 g/mol. The average molecular weight is 329 g/mol. The minimum Gasteiger partial charge on any atom is -0.461 e. The molecule has 0 aliphatic heterocycles. The molecular formula is C17H19N3O4. The van der Waals surface area contributed by atoms with Gasteiger partial charge in [0, 0.05) is 12.0 Å². The zero-order chi connectivity index (χ0) is 17.6.